The van der Waals surface area contributed by atoms with Gasteiger partial charge in [0.2, 0.25) is 0 Å². The molecule has 0 radical (unpaired) electrons. The van der Waals surface area contributed by atoms with Crippen molar-refractivity contribution in [3.8, 4) is 5.69 Å². The first-order valence-corrected chi connectivity index (χ1v) is 11.3. The molecule has 0 atom stereocenters. The van der Waals surface area contributed by atoms with E-state index in [-0.39, 0.29) is 21.4 Å². The minimum atomic E-state index is -3.42. The van der Waals surface area contributed by atoms with E-state index in [4.69, 9.17) is 0 Å². The summed E-state index contributed by atoms with van der Waals surface area (Å²) in [5.41, 5.74) is 1.17. The van der Waals surface area contributed by atoms with Crippen LogP contribution in [0.5, 0.6) is 0 Å². The van der Waals surface area contributed by atoms with Gasteiger partial charge in [-0.05, 0) is 43.2 Å². The van der Waals surface area contributed by atoms with Crippen LogP contribution in [-0.4, -0.2) is 34.3 Å². The minimum absolute atomic E-state index is 0.0405. The lowest BCUT2D eigenvalue weighted by atomic mass is 10.2. The Labute approximate surface area is 178 Å². The topological polar surface area (TPSA) is 124 Å². The lowest BCUT2D eigenvalue weighted by molar-refractivity contribution is -0.384. The average molecular weight is 440 g/mol. The van der Waals surface area contributed by atoms with Crippen molar-refractivity contribution in [1.29, 1.82) is 0 Å². The summed E-state index contributed by atoms with van der Waals surface area (Å²) in [4.78, 5) is 23.1. The molecule has 1 fully saturated rings. The quantitative estimate of drug-likeness (QED) is 0.460. The van der Waals surface area contributed by atoms with Gasteiger partial charge in [-0.2, -0.15) is 5.10 Å². The van der Waals surface area contributed by atoms with Crippen molar-refractivity contribution >= 4 is 27.1 Å². The third-order valence-electron chi connectivity index (χ3n) is 5.33. The number of aromatic nitrogens is 2. The van der Waals surface area contributed by atoms with Gasteiger partial charge in [0.15, 0.2) is 9.84 Å². The minimum Gasteiger partial charge on any atom is -0.322 e. The summed E-state index contributed by atoms with van der Waals surface area (Å²) in [6.45, 7) is 0. The summed E-state index contributed by atoms with van der Waals surface area (Å²) < 4.78 is 27.0. The maximum Gasteiger partial charge on any atom is 0.269 e. The van der Waals surface area contributed by atoms with E-state index >= 15 is 0 Å². The SMILES string of the molecule is O=C(Nc1cccc(S(=O)(=O)C2CCCC2)c1)c1cnn(-c2ccc([N+](=O)[O-])cc2)c1. The first kappa shape index (κ1) is 20.7. The summed E-state index contributed by atoms with van der Waals surface area (Å²) >= 11 is 0. The van der Waals surface area contributed by atoms with E-state index in [0.29, 0.717) is 24.2 Å². The number of nitrogens with one attached hydrogen (secondary N) is 1. The molecule has 1 aliphatic carbocycles. The van der Waals surface area contributed by atoms with Crippen LogP contribution in [0, 0.1) is 10.1 Å². The monoisotopic (exact) mass is 440 g/mol. The molecule has 2 aromatic carbocycles. The average Bonchev–Trinajstić information content (AvgIpc) is 3.47. The molecule has 0 saturated heterocycles. The number of benzene rings is 2. The summed E-state index contributed by atoms with van der Waals surface area (Å²) in [5.74, 6) is -0.441. The molecular weight excluding hydrogens is 420 g/mol. The number of hydrogen-bond acceptors (Lipinski definition) is 6. The van der Waals surface area contributed by atoms with Crippen molar-refractivity contribution in [1.82, 2.24) is 9.78 Å². The fourth-order valence-corrected chi connectivity index (χ4v) is 5.55. The maximum absolute atomic E-state index is 12.8. The molecule has 3 aromatic rings. The van der Waals surface area contributed by atoms with Gasteiger partial charge in [0, 0.05) is 24.0 Å². The molecule has 1 saturated carbocycles. The van der Waals surface area contributed by atoms with E-state index in [1.807, 2.05) is 0 Å². The lowest BCUT2D eigenvalue weighted by Crippen LogP contribution is -2.18. The molecule has 160 valence electrons. The summed E-state index contributed by atoms with van der Waals surface area (Å²) in [7, 11) is -3.42. The molecule has 0 bridgehead atoms. The second-order valence-corrected chi connectivity index (χ2v) is 9.61. The normalized spacial score (nSPS) is 14.5. The van der Waals surface area contributed by atoms with Gasteiger partial charge in [-0.25, -0.2) is 13.1 Å². The zero-order valence-electron chi connectivity index (χ0n) is 16.5. The highest BCUT2D eigenvalue weighted by atomic mass is 32.2. The van der Waals surface area contributed by atoms with E-state index < -0.39 is 20.7 Å². The molecule has 10 heteroatoms. The number of rotatable bonds is 6. The van der Waals surface area contributed by atoms with Crippen LogP contribution in [0.1, 0.15) is 36.0 Å². The van der Waals surface area contributed by atoms with Crippen LogP contribution < -0.4 is 5.32 Å². The van der Waals surface area contributed by atoms with E-state index in [1.54, 1.807) is 18.2 Å². The van der Waals surface area contributed by atoms with Crippen LogP contribution in [0.25, 0.3) is 5.69 Å². The van der Waals surface area contributed by atoms with Gasteiger partial charge in [-0.1, -0.05) is 18.9 Å². The number of sulfone groups is 1. The molecule has 0 aliphatic heterocycles. The molecule has 0 unspecified atom stereocenters. The Balaban J connectivity index is 1.50. The Bertz CT molecular complexity index is 1230. The number of carbonyl (C=O) groups excluding carboxylic acids is 1. The second kappa shape index (κ2) is 8.31. The summed E-state index contributed by atoms with van der Waals surface area (Å²) in [6.07, 6.45) is 6.03. The number of anilines is 1. The molecular formula is C21H20N4O5S. The van der Waals surface area contributed by atoms with Crippen LogP contribution in [0.4, 0.5) is 11.4 Å². The van der Waals surface area contributed by atoms with E-state index in [9.17, 15) is 23.3 Å². The van der Waals surface area contributed by atoms with Gasteiger partial charge in [0.05, 0.1) is 32.5 Å². The zero-order chi connectivity index (χ0) is 22.0. The predicted octanol–water partition coefficient (Wildman–Crippen LogP) is 3.75. The van der Waals surface area contributed by atoms with Crippen molar-refractivity contribution in [3.63, 3.8) is 0 Å². The molecule has 9 nitrogen and oxygen atoms in total. The van der Waals surface area contributed by atoms with E-state index in [2.05, 4.69) is 10.4 Å². The van der Waals surface area contributed by atoms with Crippen LogP contribution in [0.3, 0.4) is 0 Å². The second-order valence-electron chi connectivity index (χ2n) is 7.38. The standard InChI is InChI=1S/C21H20N4O5S/c26-21(15-13-22-24(14-15)17-8-10-18(11-9-17)25(27)28)23-16-4-3-7-20(12-16)31(29,30)19-5-1-2-6-19/h3-4,7-14,19H,1-2,5-6H2,(H,23,26). The number of hydrogen-bond donors (Lipinski definition) is 1. The van der Waals surface area contributed by atoms with Crippen molar-refractivity contribution in [2.24, 2.45) is 0 Å². The van der Waals surface area contributed by atoms with Gasteiger partial charge >= 0.3 is 0 Å². The third kappa shape index (κ3) is 4.33. The van der Waals surface area contributed by atoms with Crippen LogP contribution in [0.15, 0.2) is 65.8 Å². The van der Waals surface area contributed by atoms with Crippen LogP contribution >= 0.6 is 0 Å². The number of nitro groups is 1. The number of nitro benzene ring substituents is 1. The highest BCUT2D eigenvalue weighted by Gasteiger charge is 2.30. The van der Waals surface area contributed by atoms with Gasteiger partial charge in [0.1, 0.15) is 0 Å². The first-order valence-electron chi connectivity index (χ1n) is 9.79. The largest absolute Gasteiger partial charge is 0.322 e. The predicted molar refractivity (Wildman–Crippen MR) is 114 cm³/mol. The smallest absolute Gasteiger partial charge is 0.269 e. The zero-order valence-corrected chi connectivity index (χ0v) is 17.3. The Morgan fingerprint density at radius 1 is 1.13 bits per heavy atom. The number of carbonyl (C=O) groups is 1. The molecule has 1 aromatic heterocycles. The van der Waals surface area contributed by atoms with Crippen molar-refractivity contribution in [3.05, 3.63) is 76.6 Å². The maximum atomic E-state index is 12.8. The summed E-state index contributed by atoms with van der Waals surface area (Å²) in [5, 5.41) is 17.2. The molecule has 1 N–H and O–H groups in total. The Hall–Kier alpha value is -3.53. The number of amides is 1. The van der Waals surface area contributed by atoms with Gasteiger partial charge in [-0.3, -0.25) is 14.9 Å². The number of nitrogens with zero attached hydrogens (tertiary/aromatic N) is 3. The van der Waals surface area contributed by atoms with Crippen LogP contribution in [-0.2, 0) is 9.84 Å². The molecule has 1 amide bonds. The highest BCUT2D eigenvalue weighted by molar-refractivity contribution is 7.92. The lowest BCUT2D eigenvalue weighted by Gasteiger charge is -2.12. The van der Waals surface area contributed by atoms with Crippen molar-refractivity contribution in [2.45, 2.75) is 35.8 Å². The van der Waals surface area contributed by atoms with Gasteiger partial charge < -0.3 is 5.32 Å². The molecule has 4 rings (SSSR count). The molecule has 1 heterocycles. The fourth-order valence-electron chi connectivity index (χ4n) is 3.65. The highest BCUT2D eigenvalue weighted by Crippen LogP contribution is 2.30. The van der Waals surface area contributed by atoms with Crippen LogP contribution in [0.2, 0.25) is 0 Å². The number of non-ortho nitro benzene ring substituents is 1. The molecule has 0 spiro atoms. The molecule has 31 heavy (non-hydrogen) atoms. The molecule has 1 aliphatic rings. The van der Waals surface area contributed by atoms with Crippen molar-refractivity contribution < 1.29 is 18.1 Å². The Morgan fingerprint density at radius 2 is 1.84 bits per heavy atom. The Kier molecular flexibility index (Phi) is 5.55. The first-order chi connectivity index (χ1) is 14.8. The van der Waals surface area contributed by atoms with E-state index in [0.717, 1.165) is 12.8 Å². The fraction of sp³-hybridized carbons (Fsp3) is 0.238. The Morgan fingerprint density at radius 3 is 2.52 bits per heavy atom. The van der Waals surface area contributed by atoms with Gasteiger partial charge in [0.25, 0.3) is 11.6 Å². The van der Waals surface area contributed by atoms with E-state index in [1.165, 1.54) is 47.4 Å². The van der Waals surface area contributed by atoms with Gasteiger partial charge in [-0.15, -0.1) is 0 Å². The third-order valence-corrected chi connectivity index (χ3v) is 7.59. The van der Waals surface area contributed by atoms with Crippen molar-refractivity contribution in [2.75, 3.05) is 5.32 Å². The summed E-state index contributed by atoms with van der Waals surface area (Å²) in [6, 6.07) is 12.0.